The maximum absolute atomic E-state index is 11.7. The molecular formula is C14H18ClN3O2. The molecule has 1 aromatic carbocycles. The van der Waals surface area contributed by atoms with Crippen LogP contribution in [0.4, 0.5) is 11.4 Å². The van der Waals surface area contributed by atoms with Crippen LogP contribution in [-0.2, 0) is 9.59 Å². The van der Waals surface area contributed by atoms with Gasteiger partial charge < -0.3 is 10.6 Å². The van der Waals surface area contributed by atoms with Gasteiger partial charge in [0.2, 0.25) is 11.8 Å². The molecule has 0 aromatic heterocycles. The minimum Gasteiger partial charge on any atom is -0.384 e. The van der Waals surface area contributed by atoms with E-state index in [1.165, 1.54) is 0 Å². The summed E-state index contributed by atoms with van der Waals surface area (Å²) in [6.45, 7) is 2.94. The number of rotatable bonds is 5. The minimum absolute atomic E-state index is 0.217. The van der Waals surface area contributed by atoms with Crippen molar-refractivity contribution in [3.63, 3.8) is 0 Å². The molecule has 1 fully saturated rings. The molecule has 1 aliphatic rings. The molecule has 1 unspecified atom stereocenters. The first kappa shape index (κ1) is 14.7. The van der Waals surface area contributed by atoms with Crippen LogP contribution in [-0.4, -0.2) is 24.4 Å². The molecule has 1 atom stereocenters. The van der Waals surface area contributed by atoms with Gasteiger partial charge in [0.15, 0.2) is 0 Å². The number of carbonyl (C=O) groups excluding carboxylic acids is 2. The highest BCUT2D eigenvalue weighted by molar-refractivity contribution is 6.33. The quantitative estimate of drug-likeness (QED) is 0.730. The Morgan fingerprint density at radius 3 is 2.85 bits per heavy atom. The van der Waals surface area contributed by atoms with Gasteiger partial charge in [-0.15, -0.1) is 0 Å². The summed E-state index contributed by atoms with van der Waals surface area (Å²) in [4.78, 5) is 22.7. The van der Waals surface area contributed by atoms with Gasteiger partial charge in [0.25, 0.3) is 0 Å². The third kappa shape index (κ3) is 3.63. The molecule has 0 aliphatic carbocycles. The molecule has 1 heterocycles. The number of benzene rings is 1. The van der Waals surface area contributed by atoms with Gasteiger partial charge in [0.05, 0.1) is 10.7 Å². The highest BCUT2D eigenvalue weighted by Gasteiger charge is 2.26. The number of piperidine rings is 1. The van der Waals surface area contributed by atoms with Crippen molar-refractivity contribution >= 4 is 34.8 Å². The largest absolute Gasteiger partial charge is 0.384 e. The Balaban J connectivity index is 2.01. The number of anilines is 2. The number of nitrogens with one attached hydrogen (secondary N) is 3. The number of imide groups is 1. The lowest BCUT2D eigenvalue weighted by Crippen LogP contribution is -2.47. The van der Waals surface area contributed by atoms with Crippen LogP contribution in [0.15, 0.2) is 18.2 Å². The molecule has 3 N–H and O–H groups in total. The van der Waals surface area contributed by atoms with E-state index < -0.39 is 6.04 Å². The van der Waals surface area contributed by atoms with Gasteiger partial charge in [0, 0.05) is 18.7 Å². The second-order valence-electron chi connectivity index (χ2n) is 4.77. The third-order valence-electron chi connectivity index (χ3n) is 3.11. The van der Waals surface area contributed by atoms with Crippen molar-refractivity contribution in [2.75, 3.05) is 17.2 Å². The average Bonchev–Trinajstić information content (AvgIpc) is 2.41. The molecule has 2 rings (SSSR count). The van der Waals surface area contributed by atoms with Gasteiger partial charge in [-0.2, -0.15) is 0 Å². The fourth-order valence-corrected chi connectivity index (χ4v) is 2.29. The van der Waals surface area contributed by atoms with Crippen LogP contribution in [0.1, 0.15) is 26.2 Å². The zero-order valence-corrected chi connectivity index (χ0v) is 12.1. The number of hydrogen-bond acceptors (Lipinski definition) is 4. The van der Waals surface area contributed by atoms with Crippen LogP contribution in [0.25, 0.3) is 0 Å². The first-order valence-electron chi connectivity index (χ1n) is 6.74. The summed E-state index contributed by atoms with van der Waals surface area (Å²) in [5.74, 6) is -0.504. The van der Waals surface area contributed by atoms with E-state index in [-0.39, 0.29) is 11.8 Å². The lowest BCUT2D eigenvalue weighted by Gasteiger charge is -2.23. The predicted molar refractivity (Wildman–Crippen MR) is 80.0 cm³/mol. The van der Waals surface area contributed by atoms with E-state index in [0.717, 1.165) is 24.3 Å². The van der Waals surface area contributed by atoms with Gasteiger partial charge in [-0.05, 0) is 31.0 Å². The standard InChI is InChI=1S/C14H18ClN3O2/c1-2-7-16-11-4-3-9(8-10(11)15)17-12-5-6-13(19)18-14(12)20/h3-4,8,12,16-17H,2,5-7H2,1H3,(H,18,19,20). The summed E-state index contributed by atoms with van der Waals surface area (Å²) in [5, 5.41) is 9.25. The van der Waals surface area contributed by atoms with Crippen molar-refractivity contribution in [3.8, 4) is 0 Å². The van der Waals surface area contributed by atoms with Gasteiger partial charge >= 0.3 is 0 Å². The number of halogens is 1. The summed E-state index contributed by atoms with van der Waals surface area (Å²) in [6.07, 6.45) is 1.87. The molecule has 5 nitrogen and oxygen atoms in total. The topological polar surface area (TPSA) is 70.2 Å². The van der Waals surface area contributed by atoms with Gasteiger partial charge in [-0.1, -0.05) is 18.5 Å². The molecule has 0 saturated carbocycles. The van der Waals surface area contributed by atoms with Crippen LogP contribution in [0, 0.1) is 0 Å². The molecule has 108 valence electrons. The lowest BCUT2D eigenvalue weighted by atomic mass is 10.1. The summed E-state index contributed by atoms with van der Waals surface area (Å²) in [5.41, 5.74) is 1.65. The van der Waals surface area contributed by atoms with Crippen LogP contribution in [0.2, 0.25) is 5.02 Å². The zero-order chi connectivity index (χ0) is 14.5. The van der Waals surface area contributed by atoms with Crippen LogP contribution in [0.5, 0.6) is 0 Å². The molecule has 1 saturated heterocycles. The van der Waals surface area contributed by atoms with Crippen LogP contribution in [0.3, 0.4) is 0 Å². The van der Waals surface area contributed by atoms with Crippen molar-refractivity contribution in [2.45, 2.75) is 32.2 Å². The Bertz CT molecular complexity index is 519. The van der Waals surface area contributed by atoms with Gasteiger partial charge in [-0.25, -0.2) is 0 Å². The van der Waals surface area contributed by atoms with E-state index in [1.54, 1.807) is 6.07 Å². The zero-order valence-electron chi connectivity index (χ0n) is 11.3. The molecular weight excluding hydrogens is 278 g/mol. The van der Waals surface area contributed by atoms with Crippen molar-refractivity contribution < 1.29 is 9.59 Å². The molecule has 1 aliphatic heterocycles. The molecule has 20 heavy (non-hydrogen) atoms. The Kier molecular flexibility index (Phi) is 4.84. The molecule has 0 spiro atoms. The number of amides is 2. The van der Waals surface area contributed by atoms with E-state index in [1.807, 2.05) is 12.1 Å². The molecule has 0 radical (unpaired) electrons. The SMILES string of the molecule is CCCNc1ccc(NC2CCC(=O)NC2=O)cc1Cl. The van der Waals surface area contributed by atoms with E-state index in [9.17, 15) is 9.59 Å². The molecule has 2 amide bonds. The van der Waals surface area contributed by atoms with Crippen molar-refractivity contribution in [1.29, 1.82) is 0 Å². The highest BCUT2D eigenvalue weighted by atomic mass is 35.5. The monoisotopic (exact) mass is 295 g/mol. The minimum atomic E-state index is -0.391. The predicted octanol–water partition coefficient (Wildman–Crippen LogP) is 2.38. The number of hydrogen-bond donors (Lipinski definition) is 3. The molecule has 0 bridgehead atoms. The van der Waals surface area contributed by atoms with Gasteiger partial charge in [-0.3, -0.25) is 14.9 Å². The second kappa shape index (κ2) is 6.61. The highest BCUT2D eigenvalue weighted by Crippen LogP contribution is 2.26. The fraction of sp³-hybridized carbons (Fsp3) is 0.429. The number of carbonyl (C=O) groups is 2. The van der Waals surface area contributed by atoms with E-state index in [2.05, 4.69) is 22.9 Å². The van der Waals surface area contributed by atoms with E-state index >= 15 is 0 Å². The van der Waals surface area contributed by atoms with Crippen molar-refractivity contribution in [1.82, 2.24) is 5.32 Å². The summed E-state index contributed by atoms with van der Waals surface area (Å²) in [7, 11) is 0. The lowest BCUT2D eigenvalue weighted by molar-refractivity contribution is -0.133. The maximum Gasteiger partial charge on any atom is 0.249 e. The van der Waals surface area contributed by atoms with Crippen LogP contribution >= 0.6 is 11.6 Å². The van der Waals surface area contributed by atoms with E-state index in [4.69, 9.17) is 11.6 Å². The molecule has 1 aromatic rings. The summed E-state index contributed by atoms with van der Waals surface area (Å²) >= 11 is 6.19. The van der Waals surface area contributed by atoms with Crippen molar-refractivity contribution in [3.05, 3.63) is 23.2 Å². The molecule has 6 heteroatoms. The van der Waals surface area contributed by atoms with Gasteiger partial charge in [0.1, 0.15) is 6.04 Å². The van der Waals surface area contributed by atoms with E-state index in [0.29, 0.717) is 17.9 Å². The first-order chi connectivity index (χ1) is 9.60. The Morgan fingerprint density at radius 1 is 1.40 bits per heavy atom. The van der Waals surface area contributed by atoms with Crippen molar-refractivity contribution in [2.24, 2.45) is 0 Å². The maximum atomic E-state index is 11.7. The normalized spacial score (nSPS) is 18.6. The smallest absolute Gasteiger partial charge is 0.249 e. The Morgan fingerprint density at radius 2 is 2.20 bits per heavy atom. The summed E-state index contributed by atoms with van der Waals surface area (Å²) < 4.78 is 0. The second-order valence-corrected chi connectivity index (χ2v) is 5.18. The summed E-state index contributed by atoms with van der Waals surface area (Å²) in [6, 6.07) is 5.14. The first-order valence-corrected chi connectivity index (χ1v) is 7.11. The van der Waals surface area contributed by atoms with Crippen LogP contribution < -0.4 is 16.0 Å². The third-order valence-corrected chi connectivity index (χ3v) is 3.43. The Labute approximate surface area is 123 Å². The average molecular weight is 296 g/mol. The Hall–Kier alpha value is -1.75. The fourth-order valence-electron chi connectivity index (χ4n) is 2.04.